The fourth-order valence-electron chi connectivity index (χ4n) is 1.67. The molecule has 1 aromatic carbocycles. The molecule has 0 aliphatic heterocycles. The highest BCUT2D eigenvalue weighted by Gasteiger charge is 2.19. The van der Waals surface area contributed by atoms with Crippen LogP contribution in [0.3, 0.4) is 0 Å². The van der Waals surface area contributed by atoms with Gasteiger partial charge in [-0.3, -0.25) is 0 Å². The normalized spacial score (nSPS) is 11.1. The third-order valence-corrected chi connectivity index (χ3v) is 2.32. The van der Waals surface area contributed by atoms with E-state index in [0.717, 1.165) is 18.5 Å². The van der Waals surface area contributed by atoms with E-state index in [2.05, 4.69) is 20.8 Å². The summed E-state index contributed by atoms with van der Waals surface area (Å²) in [6, 6.07) is 5.22. The summed E-state index contributed by atoms with van der Waals surface area (Å²) in [5.41, 5.74) is 1.50. The standard InChI is InChI=1S/C11H18B2O3/c1-11(2,3)12-9-7-8(13(14)15)5-6-10(9)16-4/h5-7,12,14-15H,1-4H3. The van der Waals surface area contributed by atoms with Crippen LogP contribution >= 0.6 is 0 Å². The molecule has 0 radical (unpaired) electrons. The van der Waals surface area contributed by atoms with Gasteiger partial charge in [0.2, 0.25) is 0 Å². The Hall–Kier alpha value is -0.930. The summed E-state index contributed by atoms with van der Waals surface area (Å²) in [7, 11) is 1.03. The van der Waals surface area contributed by atoms with Gasteiger partial charge in [0.25, 0.3) is 0 Å². The number of ether oxygens (including phenoxy) is 1. The maximum Gasteiger partial charge on any atom is 0.488 e. The second-order valence-electron chi connectivity index (χ2n) is 5.18. The summed E-state index contributed by atoms with van der Waals surface area (Å²) >= 11 is 0. The lowest BCUT2D eigenvalue weighted by atomic mass is 9.50. The molecule has 0 aliphatic rings. The van der Waals surface area contributed by atoms with Crippen molar-refractivity contribution in [3.63, 3.8) is 0 Å². The molecule has 0 heterocycles. The Kier molecular flexibility index (Phi) is 4.05. The van der Waals surface area contributed by atoms with Gasteiger partial charge in [-0.15, -0.1) is 0 Å². The minimum atomic E-state index is -1.43. The molecule has 0 atom stereocenters. The van der Waals surface area contributed by atoms with Crippen LogP contribution in [0.5, 0.6) is 5.75 Å². The van der Waals surface area contributed by atoms with Gasteiger partial charge in [-0.1, -0.05) is 38.2 Å². The van der Waals surface area contributed by atoms with E-state index >= 15 is 0 Å². The highest BCUT2D eigenvalue weighted by Crippen LogP contribution is 2.21. The van der Waals surface area contributed by atoms with Gasteiger partial charge in [0.1, 0.15) is 5.75 Å². The molecule has 0 aromatic heterocycles. The second kappa shape index (κ2) is 4.93. The van der Waals surface area contributed by atoms with Crippen molar-refractivity contribution >= 4 is 25.3 Å². The molecule has 0 fully saturated rings. The van der Waals surface area contributed by atoms with E-state index in [1.165, 1.54) is 0 Å². The van der Waals surface area contributed by atoms with Crippen molar-refractivity contribution < 1.29 is 14.8 Å². The van der Waals surface area contributed by atoms with Gasteiger partial charge in [0.05, 0.1) is 7.11 Å². The minimum absolute atomic E-state index is 0.131. The molecule has 0 aliphatic carbocycles. The summed E-state index contributed by atoms with van der Waals surface area (Å²) in [5, 5.41) is 18.4. The van der Waals surface area contributed by atoms with Crippen LogP contribution < -0.4 is 15.7 Å². The monoisotopic (exact) mass is 220 g/mol. The third-order valence-electron chi connectivity index (χ3n) is 2.32. The van der Waals surface area contributed by atoms with Gasteiger partial charge in [-0.25, -0.2) is 0 Å². The molecule has 3 nitrogen and oxygen atoms in total. The molecule has 1 rings (SSSR count). The summed E-state index contributed by atoms with van der Waals surface area (Å²) in [6.07, 6.45) is 0. The summed E-state index contributed by atoms with van der Waals surface area (Å²) in [4.78, 5) is 0. The molecular formula is C11H18B2O3. The highest BCUT2D eigenvalue weighted by atomic mass is 16.5. The molecule has 86 valence electrons. The smallest absolute Gasteiger partial charge is 0.488 e. The Labute approximate surface area is 97.8 Å². The Bertz CT molecular complexity index is 359. The van der Waals surface area contributed by atoms with Gasteiger partial charge in [0, 0.05) is 0 Å². The highest BCUT2D eigenvalue weighted by molar-refractivity contribution is 6.62. The van der Waals surface area contributed by atoms with Crippen molar-refractivity contribution in [2.75, 3.05) is 7.11 Å². The molecule has 0 amide bonds. The molecule has 2 N–H and O–H groups in total. The number of methoxy groups -OCH3 is 1. The fourth-order valence-corrected chi connectivity index (χ4v) is 1.67. The Morgan fingerprint density at radius 3 is 2.31 bits per heavy atom. The van der Waals surface area contributed by atoms with E-state index < -0.39 is 7.12 Å². The SMILES string of the molecule is COc1ccc(B(O)O)cc1BC(C)(C)C. The topological polar surface area (TPSA) is 49.7 Å². The molecule has 0 unspecified atom stereocenters. The fraction of sp³-hybridized carbons (Fsp3) is 0.455. The van der Waals surface area contributed by atoms with E-state index in [1.54, 1.807) is 25.3 Å². The quantitative estimate of drug-likeness (QED) is 0.684. The van der Waals surface area contributed by atoms with Crippen LogP contribution in [-0.2, 0) is 0 Å². The first-order valence-corrected chi connectivity index (χ1v) is 5.36. The number of hydrogen-bond donors (Lipinski definition) is 2. The van der Waals surface area contributed by atoms with Crippen molar-refractivity contribution in [2.24, 2.45) is 0 Å². The second-order valence-corrected chi connectivity index (χ2v) is 5.18. The van der Waals surface area contributed by atoms with Gasteiger partial charge in [-0.2, -0.15) is 0 Å². The average molecular weight is 220 g/mol. The van der Waals surface area contributed by atoms with Crippen LogP contribution in [-0.4, -0.2) is 31.6 Å². The Morgan fingerprint density at radius 2 is 1.88 bits per heavy atom. The van der Waals surface area contributed by atoms with Crippen LogP contribution in [0, 0.1) is 0 Å². The zero-order chi connectivity index (χ0) is 12.3. The van der Waals surface area contributed by atoms with Gasteiger partial charge in [-0.05, 0) is 17.0 Å². The van der Waals surface area contributed by atoms with Crippen LogP contribution in [0.2, 0.25) is 5.31 Å². The largest absolute Gasteiger partial charge is 0.497 e. The predicted octanol–water partition coefficient (Wildman–Crippen LogP) is -0.345. The zero-order valence-corrected chi connectivity index (χ0v) is 10.3. The van der Waals surface area contributed by atoms with E-state index in [1.807, 2.05) is 0 Å². The first-order valence-electron chi connectivity index (χ1n) is 5.36. The lowest BCUT2D eigenvalue weighted by Gasteiger charge is -2.19. The number of hydrogen-bond acceptors (Lipinski definition) is 3. The van der Waals surface area contributed by atoms with E-state index in [0.29, 0.717) is 5.46 Å². The molecule has 1 aromatic rings. The van der Waals surface area contributed by atoms with Crippen molar-refractivity contribution in [1.29, 1.82) is 0 Å². The zero-order valence-electron chi connectivity index (χ0n) is 10.3. The third kappa shape index (κ3) is 3.58. The summed E-state index contributed by atoms with van der Waals surface area (Å²) in [5.74, 6) is 0.791. The van der Waals surface area contributed by atoms with E-state index in [-0.39, 0.29) is 5.31 Å². The van der Waals surface area contributed by atoms with E-state index in [9.17, 15) is 0 Å². The molecule has 16 heavy (non-hydrogen) atoms. The van der Waals surface area contributed by atoms with Gasteiger partial charge >= 0.3 is 7.12 Å². The molecule has 5 heteroatoms. The molecule has 0 saturated heterocycles. The van der Waals surface area contributed by atoms with Crippen molar-refractivity contribution in [1.82, 2.24) is 0 Å². The Morgan fingerprint density at radius 1 is 1.25 bits per heavy atom. The molecule has 0 spiro atoms. The lowest BCUT2D eigenvalue weighted by molar-refractivity contribution is 0.417. The van der Waals surface area contributed by atoms with Crippen LogP contribution in [0.4, 0.5) is 0 Å². The first-order chi connectivity index (χ1) is 7.33. The first kappa shape index (κ1) is 13.1. The molecule has 0 bridgehead atoms. The molecular weight excluding hydrogens is 202 g/mol. The molecule has 0 saturated carbocycles. The van der Waals surface area contributed by atoms with E-state index in [4.69, 9.17) is 14.8 Å². The van der Waals surface area contributed by atoms with Crippen LogP contribution in [0.25, 0.3) is 0 Å². The minimum Gasteiger partial charge on any atom is -0.497 e. The van der Waals surface area contributed by atoms with Crippen molar-refractivity contribution in [2.45, 2.75) is 26.1 Å². The van der Waals surface area contributed by atoms with Crippen LogP contribution in [0.15, 0.2) is 18.2 Å². The Balaban J connectivity index is 3.07. The number of rotatable bonds is 3. The van der Waals surface area contributed by atoms with Gasteiger partial charge < -0.3 is 14.8 Å². The lowest BCUT2D eigenvalue weighted by Crippen LogP contribution is -2.35. The van der Waals surface area contributed by atoms with Gasteiger partial charge in [0.15, 0.2) is 7.28 Å². The maximum atomic E-state index is 9.12. The summed E-state index contributed by atoms with van der Waals surface area (Å²) < 4.78 is 5.26. The predicted molar refractivity (Wildman–Crippen MR) is 69.3 cm³/mol. The number of benzene rings is 1. The van der Waals surface area contributed by atoms with Crippen LogP contribution in [0.1, 0.15) is 20.8 Å². The van der Waals surface area contributed by atoms with Crippen molar-refractivity contribution in [3.8, 4) is 5.75 Å². The van der Waals surface area contributed by atoms with Crippen molar-refractivity contribution in [3.05, 3.63) is 18.2 Å². The maximum absolute atomic E-state index is 9.12. The summed E-state index contributed by atoms with van der Waals surface area (Å²) in [6.45, 7) is 6.40. The average Bonchev–Trinajstić information content (AvgIpc) is 2.15.